The number of hydrogen-bond donors (Lipinski definition) is 3. The van der Waals surface area contributed by atoms with Gasteiger partial charge in [0.25, 0.3) is 5.91 Å². The van der Waals surface area contributed by atoms with Crippen molar-refractivity contribution < 1.29 is 14.8 Å². The molecule has 1 aliphatic heterocycles. The molecule has 6 heteroatoms. The first kappa shape index (κ1) is 22.6. The fraction of sp³-hybridized carbons (Fsp3) is 0.280. The van der Waals surface area contributed by atoms with E-state index in [0.29, 0.717) is 17.6 Å². The highest BCUT2D eigenvalue weighted by atomic mass is 16.5. The van der Waals surface area contributed by atoms with Crippen molar-refractivity contribution in [3.8, 4) is 0 Å². The minimum Gasteiger partial charge on any atom is -0.309 e. The maximum atomic E-state index is 12.7. The molecule has 2 atom stereocenters. The predicted molar refractivity (Wildman–Crippen MR) is 123 cm³/mol. The summed E-state index contributed by atoms with van der Waals surface area (Å²) >= 11 is 0. The van der Waals surface area contributed by atoms with Crippen LogP contribution in [-0.4, -0.2) is 47.0 Å². The van der Waals surface area contributed by atoms with Gasteiger partial charge in [0, 0.05) is 43.4 Å². The van der Waals surface area contributed by atoms with E-state index in [1.54, 1.807) is 23.7 Å². The lowest BCUT2D eigenvalue weighted by molar-refractivity contribution is -0.124. The quantitative estimate of drug-likeness (QED) is 0.278. The van der Waals surface area contributed by atoms with Crippen molar-refractivity contribution in [2.45, 2.75) is 32.5 Å². The molecule has 1 saturated heterocycles. The molecule has 0 spiro atoms. The molecule has 3 rings (SSSR count). The molecular formula is C25H29N3O3. The average Bonchev–Trinajstić information content (AvgIpc) is 2.75. The molecule has 1 heterocycles. The highest BCUT2D eigenvalue weighted by Crippen LogP contribution is 2.14. The standard InChI is InChI=1S/C25H29N3O3/c1-18-15-28(16-19(2)26-18)17-22-7-4-8-23(14-22)24(29)11-9-20-5-3-6-21(13-20)10-12-25(30)27-31/h3-14,18-19,26,31H,15-17H2,1-2H3,(H,27,30)/b11-9+,12-10+/t18-,19+. The van der Waals surface area contributed by atoms with Gasteiger partial charge in [-0.1, -0.05) is 42.5 Å². The molecule has 1 amide bonds. The number of hydrogen-bond acceptors (Lipinski definition) is 5. The van der Waals surface area contributed by atoms with Crippen molar-refractivity contribution in [1.29, 1.82) is 0 Å². The fourth-order valence-corrected chi connectivity index (χ4v) is 3.89. The van der Waals surface area contributed by atoms with Crippen LogP contribution in [0.4, 0.5) is 0 Å². The predicted octanol–water partition coefficient (Wildman–Crippen LogP) is 3.28. The largest absolute Gasteiger partial charge is 0.309 e. The second-order valence-corrected chi connectivity index (χ2v) is 8.04. The van der Waals surface area contributed by atoms with Crippen molar-refractivity contribution >= 4 is 23.8 Å². The van der Waals surface area contributed by atoms with Crippen LogP contribution in [0.2, 0.25) is 0 Å². The lowest BCUT2D eigenvalue weighted by Crippen LogP contribution is -2.53. The Labute approximate surface area is 183 Å². The van der Waals surface area contributed by atoms with Crippen LogP contribution in [-0.2, 0) is 11.3 Å². The number of ketones is 1. The van der Waals surface area contributed by atoms with Crippen LogP contribution >= 0.6 is 0 Å². The molecule has 3 N–H and O–H groups in total. The van der Waals surface area contributed by atoms with Gasteiger partial charge in [0.05, 0.1) is 0 Å². The number of carbonyl (C=O) groups is 2. The molecule has 1 aliphatic rings. The fourth-order valence-electron chi connectivity index (χ4n) is 3.89. The molecule has 31 heavy (non-hydrogen) atoms. The van der Waals surface area contributed by atoms with E-state index in [1.165, 1.54) is 6.08 Å². The topological polar surface area (TPSA) is 81.7 Å². The third-order valence-electron chi connectivity index (χ3n) is 5.13. The van der Waals surface area contributed by atoms with Crippen molar-refractivity contribution in [3.05, 3.63) is 82.9 Å². The molecular weight excluding hydrogens is 390 g/mol. The molecule has 1 fully saturated rings. The zero-order valence-electron chi connectivity index (χ0n) is 17.9. The summed E-state index contributed by atoms with van der Waals surface area (Å²) in [6.07, 6.45) is 6.15. The minimum absolute atomic E-state index is 0.0514. The lowest BCUT2D eigenvalue weighted by Gasteiger charge is -2.36. The summed E-state index contributed by atoms with van der Waals surface area (Å²) in [7, 11) is 0. The SMILES string of the molecule is C[C@@H]1CN(Cc2cccc(C(=O)/C=C/c3cccc(/C=C/C(=O)NO)c3)c2)C[C@H](C)N1. The first-order valence-corrected chi connectivity index (χ1v) is 10.4. The number of rotatable bonds is 7. The molecule has 0 radical (unpaired) electrons. The summed E-state index contributed by atoms with van der Waals surface area (Å²) in [4.78, 5) is 26.2. The first-order valence-electron chi connectivity index (χ1n) is 10.4. The lowest BCUT2D eigenvalue weighted by atomic mass is 10.0. The molecule has 0 aromatic heterocycles. The number of benzene rings is 2. The van der Waals surface area contributed by atoms with Crippen LogP contribution in [0, 0.1) is 0 Å². The number of allylic oxidation sites excluding steroid dienone is 1. The number of carbonyl (C=O) groups excluding carboxylic acids is 2. The Balaban J connectivity index is 1.65. The molecule has 2 aromatic rings. The minimum atomic E-state index is -0.597. The highest BCUT2D eigenvalue weighted by Gasteiger charge is 2.20. The number of amides is 1. The third kappa shape index (κ3) is 7.00. The smallest absolute Gasteiger partial charge is 0.267 e. The number of hydroxylamine groups is 1. The van der Waals surface area contributed by atoms with Crippen LogP contribution in [0.5, 0.6) is 0 Å². The van der Waals surface area contributed by atoms with Crippen molar-refractivity contribution in [1.82, 2.24) is 15.7 Å². The van der Waals surface area contributed by atoms with E-state index in [-0.39, 0.29) is 5.78 Å². The third-order valence-corrected chi connectivity index (χ3v) is 5.13. The Morgan fingerprint density at radius 3 is 2.35 bits per heavy atom. The van der Waals surface area contributed by atoms with Gasteiger partial charge in [0.2, 0.25) is 0 Å². The van der Waals surface area contributed by atoms with Crippen molar-refractivity contribution in [2.75, 3.05) is 13.1 Å². The van der Waals surface area contributed by atoms with Crippen LogP contribution in [0.3, 0.4) is 0 Å². The maximum Gasteiger partial charge on any atom is 0.267 e. The van der Waals surface area contributed by atoms with Crippen LogP contribution in [0.1, 0.15) is 40.9 Å². The maximum absolute atomic E-state index is 12.7. The van der Waals surface area contributed by atoms with E-state index >= 15 is 0 Å². The van der Waals surface area contributed by atoms with Gasteiger partial charge in [-0.3, -0.25) is 19.7 Å². The van der Waals surface area contributed by atoms with Crippen LogP contribution < -0.4 is 10.8 Å². The van der Waals surface area contributed by atoms with Gasteiger partial charge in [-0.05, 0) is 54.8 Å². The molecule has 162 valence electrons. The summed E-state index contributed by atoms with van der Waals surface area (Å²) < 4.78 is 0. The molecule has 0 bridgehead atoms. The van der Waals surface area contributed by atoms with Gasteiger partial charge in [-0.2, -0.15) is 0 Å². The number of piperazine rings is 1. The monoisotopic (exact) mass is 419 g/mol. The van der Waals surface area contributed by atoms with Crippen LogP contribution in [0.15, 0.2) is 60.7 Å². The van der Waals surface area contributed by atoms with E-state index in [4.69, 9.17) is 5.21 Å². The normalized spacial score (nSPS) is 19.7. The molecule has 0 unspecified atom stereocenters. The molecule has 0 aliphatic carbocycles. The van der Waals surface area contributed by atoms with Gasteiger partial charge in [-0.15, -0.1) is 0 Å². The second kappa shape index (κ2) is 10.8. The summed E-state index contributed by atoms with van der Waals surface area (Å²) in [5, 5.41) is 12.1. The Morgan fingerprint density at radius 1 is 1.03 bits per heavy atom. The van der Waals surface area contributed by atoms with Crippen molar-refractivity contribution in [3.63, 3.8) is 0 Å². The Morgan fingerprint density at radius 2 is 1.68 bits per heavy atom. The average molecular weight is 420 g/mol. The van der Waals surface area contributed by atoms with Crippen molar-refractivity contribution in [2.24, 2.45) is 0 Å². The first-order chi connectivity index (χ1) is 14.9. The van der Waals surface area contributed by atoms with Gasteiger partial charge in [0.1, 0.15) is 0 Å². The zero-order chi connectivity index (χ0) is 22.2. The molecule has 2 aromatic carbocycles. The zero-order valence-corrected chi connectivity index (χ0v) is 17.9. The van der Waals surface area contributed by atoms with E-state index < -0.39 is 5.91 Å². The molecule has 6 nitrogen and oxygen atoms in total. The van der Waals surface area contributed by atoms with E-state index in [1.807, 2.05) is 42.5 Å². The van der Waals surface area contributed by atoms with E-state index in [9.17, 15) is 9.59 Å². The Kier molecular flexibility index (Phi) is 7.89. The van der Waals surface area contributed by atoms with Gasteiger partial charge >= 0.3 is 0 Å². The summed E-state index contributed by atoms with van der Waals surface area (Å²) in [5.74, 6) is -0.648. The van der Waals surface area contributed by atoms with Gasteiger partial charge in [0.15, 0.2) is 5.78 Å². The number of nitrogens with one attached hydrogen (secondary N) is 2. The number of nitrogens with zero attached hydrogens (tertiary/aromatic N) is 1. The highest BCUT2D eigenvalue weighted by molar-refractivity contribution is 6.06. The van der Waals surface area contributed by atoms with E-state index in [2.05, 4.69) is 30.1 Å². The van der Waals surface area contributed by atoms with Crippen LogP contribution in [0.25, 0.3) is 12.2 Å². The summed E-state index contributed by atoms with van der Waals surface area (Å²) in [6.45, 7) is 7.20. The Bertz CT molecular complexity index is 973. The Hall–Kier alpha value is -3.06. The molecule has 0 saturated carbocycles. The second-order valence-electron chi connectivity index (χ2n) is 8.04. The van der Waals surface area contributed by atoms with Gasteiger partial charge in [-0.25, -0.2) is 5.48 Å². The summed E-state index contributed by atoms with van der Waals surface area (Å²) in [5.41, 5.74) is 4.99. The van der Waals surface area contributed by atoms with Gasteiger partial charge < -0.3 is 5.32 Å². The summed E-state index contributed by atoms with van der Waals surface area (Å²) in [6, 6.07) is 16.1. The van der Waals surface area contributed by atoms with E-state index in [0.717, 1.165) is 36.3 Å².